The van der Waals surface area contributed by atoms with Crippen LogP contribution in [0.5, 0.6) is 0 Å². The Morgan fingerprint density at radius 3 is 2.86 bits per heavy atom. The number of benzene rings is 1. The van der Waals surface area contributed by atoms with E-state index in [9.17, 15) is 18.5 Å². The van der Waals surface area contributed by atoms with E-state index in [4.69, 9.17) is 0 Å². The molecule has 0 aliphatic carbocycles. The van der Waals surface area contributed by atoms with Crippen LogP contribution in [0.15, 0.2) is 34.7 Å². The molecule has 3 aromatic rings. The van der Waals surface area contributed by atoms with E-state index in [2.05, 4.69) is 14.9 Å². The molecule has 0 spiro atoms. The van der Waals surface area contributed by atoms with Crippen molar-refractivity contribution in [2.45, 2.75) is 11.1 Å². The van der Waals surface area contributed by atoms with Crippen molar-refractivity contribution in [1.29, 1.82) is 0 Å². The summed E-state index contributed by atoms with van der Waals surface area (Å²) in [5, 5.41) is 18.2. The summed E-state index contributed by atoms with van der Waals surface area (Å²) in [6.07, 6.45) is 1.58. The summed E-state index contributed by atoms with van der Waals surface area (Å²) in [6.45, 7) is 1.51. The number of sulfonamides is 1. The van der Waals surface area contributed by atoms with Crippen molar-refractivity contribution in [3.63, 3.8) is 0 Å². The number of nitrogens with one attached hydrogen (secondary N) is 2. The molecular formula is C12H10N4O4S2. The molecule has 0 atom stereocenters. The summed E-state index contributed by atoms with van der Waals surface area (Å²) in [5.41, 5.74) is 0.683. The molecule has 0 saturated carbocycles. The molecule has 0 aliphatic heterocycles. The van der Waals surface area contributed by atoms with Gasteiger partial charge in [-0.25, -0.2) is 8.42 Å². The van der Waals surface area contributed by atoms with Gasteiger partial charge in [0.2, 0.25) is 0 Å². The Hall–Kier alpha value is -2.46. The number of rotatable bonds is 4. The second-order valence-corrected chi connectivity index (χ2v) is 7.67. The van der Waals surface area contributed by atoms with Crippen molar-refractivity contribution in [2.75, 3.05) is 4.72 Å². The average molecular weight is 338 g/mol. The van der Waals surface area contributed by atoms with E-state index in [1.165, 1.54) is 6.92 Å². The monoisotopic (exact) mass is 338 g/mol. The van der Waals surface area contributed by atoms with Gasteiger partial charge in [-0.3, -0.25) is 19.9 Å². The van der Waals surface area contributed by atoms with E-state index in [0.29, 0.717) is 16.1 Å². The minimum absolute atomic E-state index is 0.104. The smallest absolute Gasteiger partial charge is 0.277 e. The minimum Gasteiger partial charge on any atom is -0.277 e. The first-order valence-corrected chi connectivity index (χ1v) is 8.38. The number of fused-ring (bicyclic) bond motifs is 1. The molecule has 1 aromatic carbocycles. The Labute approximate surface area is 129 Å². The highest BCUT2D eigenvalue weighted by molar-refractivity contribution is 7.94. The number of anilines is 1. The molecule has 0 bridgehead atoms. The highest BCUT2D eigenvalue weighted by Crippen LogP contribution is 2.33. The second-order valence-electron chi connectivity index (χ2n) is 4.51. The van der Waals surface area contributed by atoms with Crippen LogP contribution in [0, 0.1) is 17.0 Å². The number of aromatic nitrogens is 2. The molecule has 3 rings (SSSR count). The Balaban J connectivity index is 2.02. The van der Waals surface area contributed by atoms with Gasteiger partial charge in [-0.05, 0) is 13.0 Å². The summed E-state index contributed by atoms with van der Waals surface area (Å²) < 4.78 is 27.1. The normalized spacial score (nSPS) is 11.7. The average Bonchev–Trinajstić information content (AvgIpc) is 3.05. The molecule has 0 fully saturated rings. The van der Waals surface area contributed by atoms with Crippen molar-refractivity contribution in [1.82, 2.24) is 10.2 Å². The molecule has 8 nitrogen and oxygen atoms in total. The van der Waals surface area contributed by atoms with Crippen LogP contribution in [0.3, 0.4) is 0 Å². The third-order valence-electron chi connectivity index (χ3n) is 3.05. The van der Waals surface area contributed by atoms with Gasteiger partial charge in [0, 0.05) is 11.5 Å². The van der Waals surface area contributed by atoms with E-state index in [1.54, 1.807) is 24.4 Å². The lowest BCUT2D eigenvalue weighted by molar-refractivity contribution is -0.385. The zero-order valence-corrected chi connectivity index (χ0v) is 12.9. The number of para-hydroxylation sites is 1. The number of thiophene rings is 1. The van der Waals surface area contributed by atoms with Gasteiger partial charge in [0.25, 0.3) is 15.7 Å². The number of nitrogens with zero attached hydrogens (tertiary/aromatic N) is 2. The molecule has 22 heavy (non-hydrogen) atoms. The summed E-state index contributed by atoms with van der Waals surface area (Å²) in [6, 6.07) is 6.14. The van der Waals surface area contributed by atoms with Crippen molar-refractivity contribution in [3.05, 3.63) is 45.5 Å². The number of H-pyrrole nitrogens is 1. The third-order valence-corrected chi connectivity index (χ3v) is 5.93. The lowest BCUT2D eigenvalue weighted by Gasteiger charge is -2.06. The Bertz CT molecular complexity index is 974. The van der Waals surface area contributed by atoms with Crippen LogP contribution in [0.2, 0.25) is 0 Å². The fourth-order valence-electron chi connectivity index (χ4n) is 2.01. The molecule has 0 unspecified atom stereocenters. The number of aromatic amines is 1. The van der Waals surface area contributed by atoms with E-state index < -0.39 is 14.9 Å². The van der Waals surface area contributed by atoms with E-state index >= 15 is 0 Å². The first-order chi connectivity index (χ1) is 10.4. The molecular weight excluding hydrogens is 328 g/mol. The lowest BCUT2D eigenvalue weighted by Crippen LogP contribution is -2.11. The predicted octanol–water partition coefficient (Wildman–Crippen LogP) is 2.64. The maximum absolute atomic E-state index is 12.4. The van der Waals surface area contributed by atoms with Crippen LogP contribution in [0.1, 0.15) is 4.88 Å². The van der Waals surface area contributed by atoms with Gasteiger partial charge in [0.1, 0.15) is 4.21 Å². The van der Waals surface area contributed by atoms with Crippen molar-refractivity contribution < 1.29 is 13.3 Å². The standard InChI is InChI=1S/C12H10N4O4S2/c1-7-10(16(17)18)5-11(21-7)22(19,20)15-9-4-2-3-8-6-13-14-12(8)9/h2-6,15H,1H3,(H,13,14). The van der Waals surface area contributed by atoms with Gasteiger partial charge in [0.05, 0.1) is 27.2 Å². The number of nitro groups is 1. The van der Waals surface area contributed by atoms with Crippen LogP contribution < -0.4 is 4.72 Å². The third kappa shape index (κ3) is 2.42. The predicted molar refractivity (Wildman–Crippen MR) is 82.6 cm³/mol. The van der Waals surface area contributed by atoms with Crippen LogP contribution >= 0.6 is 11.3 Å². The Morgan fingerprint density at radius 1 is 1.41 bits per heavy atom. The molecule has 0 aliphatic rings. The van der Waals surface area contributed by atoms with Crippen molar-refractivity contribution in [3.8, 4) is 0 Å². The van der Waals surface area contributed by atoms with Gasteiger partial charge in [-0.1, -0.05) is 12.1 Å². The molecule has 0 saturated heterocycles. The van der Waals surface area contributed by atoms with Gasteiger partial charge in [0.15, 0.2) is 0 Å². The zero-order chi connectivity index (χ0) is 15.9. The van der Waals surface area contributed by atoms with E-state index in [-0.39, 0.29) is 9.90 Å². The van der Waals surface area contributed by atoms with Gasteiger partial charge >= 0.3 is 0 Å². The van der Waals surface area contributed by atoms with Crippen LogP contribution in [0.4, 0.5) is 11.4 Å². The second kappa shape index (κ2) is 5.07. The van der Waals surface area contributed by atoms with Crippen LogP contribution in [0.25, 0.3) is 10.9 Å². The largest absolute Gasteiger partial charge is 0.284 e. The first-order valence-electron chi connectivity index (χ1n) is 6.08. The Kier molecular flexibility index (Phi) is 3.34. The maximum atomic E-state index is 12.4. The highest BCUT2D eigenvalue weighted by atomic mass is 32.2. The maximum Gasteiger partial charge on any atom is 0.284 e. The number of hydrogen-bond donors (Lipinski definition) is 2. The molecule has 2 heterocycles. The highest BCUT2D eigenvalue weighted by Gasteiger charge is 2.24. The van der Waals surface area contributed by atoms with Gasteiger partial charge in [-0.2, -0.15) is 5.10 Å². The Morgan fingerprint density at radius 2 is 2.18 bits per heavy atom. The lowest BCUT2D eigenvalue weighted by atomic mass is 10.2. The van der Waals surface area contributed by atoms with Crippen LogP contribution in [-0.4, -0.2) is 23.5 Å². The number of aryl methyl sites for hydroxylation is 1. The van der Waals surface area contributed by atoms with E-state index in [1.807, 2.05) is 0 Å². The molecule has 10 heteroatoms. The summed E-state index contributed by atoms with van der Waals surface area (Å²) in [7, 11) is -3.90. The fourth-order valence-corrected chi connectivity index (χ4v) is 4.48. The topological polar surface area (TPSA) is 118 Å². The van der Waals surface area contributed by atoms with Gasteiger partial charge in [-0.15, -0.1) is 11.3 Å². The summed E-state index contributed by atoms with van der Waals surface area (Å²) in [4.78, 5) is 10.6. The fraction of sp³-hybridized carbons (Fsp3) is 0.0833. The summed E-state index contributed by atoms with van der Waals surface area (Å²) in [5.74, 6) is 0. The molecule has 2 aromatic heterocycles. The minimum atomic E-state index is -3.90. The summed E-state index contributed by atoms with van der Waals surface area (Å²) >= 11 is 0.858. The quantitative estimate of drug-likeness (QED) is 0.560. The van der Waals surface area contributed by atoms with Gasteiger partial charge < -0.3 is 0 Å². The molecule has 0 radical (unpaired) electrons. The van der Waals surface area contributed by atoms with Crippen molar-refractivity contribution in [2.24, 2.45) is 0 Å². The van der Waals surface area contributed by atoms with E-state index in [0.717, 1.165) is 22.8 Å². The SMILES string of the molecule is Cc1sc(S(=O)(=O)Nc2cccc3cn[nH]c23)cc1[N+](=O)[O-]. The van der Waals surface area contributed by atoms with Crippen LogP contribution in [-0.2, 0) is 10.0 Å². The van der Waals surface area contributed by atoms with Crippen molar-refractivity contribution >= 4 is 43.6 Å². The molecule has 0 amide bonds. The zero-order valence-electron chi connectivity index (χ0n) is 11.2. The number of hydrogen-bond acceptors (Lipinski definition) is 6. The molecule has 2 N–H and O–H groups in total. The first kappa shape index (κ1) is 14.5. The molecule has 114 valence electrons.